The first-order valence-electron chi connectivity index (χ1n) is 13.8. The average Bonchev–Trinajstić information content (AvgIpc) is 3.32. The van der Waals surface area contributed by atoms with E-state index < -0.39 is 35.2 Å². The van der Waals surface area contributed by atoms with E-state index >= 15 is 0 Å². The number of aryl methyl sites for hydroxylation is 1. The van der Waals surface area contributed by atoms with Gasteiger partial charge in [-0.2, -0.15) is 0 Å². The lowest BCUT2D eigenvalue weighted by molar-refractivity contribution is -0.131. The first-order valence-corrected chi connectivity index (χ1v) is 13.8. The molecule has 0 fully saturated rings. The van der Waals surface area contributed by atoms with Crippen LogP contribution in [-0.4, -0.2) is 40.0 Å². The number of aliphatic hydroxyl groups excluding tert-OH is 1. The van der Waals surface area contributed by atoms with E-state index in [0.717, 1.165) is 28.7 Å². The molecule has 5 N–H and O–H groups in total. The monoisotopic (exact) mass is 544 g/mol. The van der Waals surface area contributed by atoms with Crippen molar-refractivity contribution in [3.63, 3.8) is 0 Å². The number of hydrogen-bond donors (Lipinski definition) is 4. The Balaban J connectivity index is 1.72. The summed E-state index contributed by atoms with van der Waals surface area (Å²) < 4.78 is 5.51. The molecule has 4 rings (SSSR count). The SMILES string of the molecule is CC(C)(C)OC(=O)N[C@@H](Cc1ccccc1)[C@@H](O)C[C@@](Cc1cccc(O)c1)(C(N)=O)[C@H]1CCc2ccccc21. The molecule has 0 aliphatic heterocycles. The number of carbonyl (C=O) groups excluding carboxylic acids is 2. The largest absolute Gasteiger partial charge is 0.508 e. The molecule has 0 spiro atoms. The Morgan fingerprint density at radius 1 is 1.00 bits per heavy atom. The van der Waals surface area contributed by atoms with Crippen LogP contribution in [-0.2, 0) is 28.8 Å². The van der Waals surface area contributed by atoms with Crippen LogP contribution in [0.2, 0.25) is 0 Å². The molecule has 0 heterocycles. The summed E-state index contributed by atoms with van der Waals surface area (Å²) in [7, 11) is 0. The van der Waals surface area contributed by atoms with Crippen molar-refractivity contribution in [1.82, 2.24) is 5.32 Å². The maximum Gasteiger partial charge on any atom is 0.407 e. The van der Waals surface area contributed by atoms with Gasteiger partial charge in [-0.1, -0.05) is 66.7 Å². The van der Waals surface area contributed by atoms with Crippen molar-refractivity contribution in [2.75, 3.05) is 0 Å². The van der Waals surface area contributed by atoms with Crippen molar-refractivity contribution in [3.8, 4) is 5.75 Å². The molecule has 212 valence electrons. The molecule has 3 aromatic carbocycles. The van der Waals surface area contributed by atoms with Crippen molar-refractivity contribution in [1.29, 1.82) is 0 Å². The second-order valence-electron chi connectivity index (χ2n) is 11.9. The molecule has 7 nitrogen and oxygen atoms in total. The van der Waals surface area contributed by atoms with Crippen LogP contribution in [0.5, 0.6) is 5.75 Å². The summed E-state index contributed by atoms with van der Waals surface area (Å²) in [6.07, 6.45) is 0.332. The molecule has 7 heteroatoms. The molecule has 0 bridgehead atoms. The summed E-state index contributed by atoms with van der Waals surface area (Å²) in [5.74, 6) is -0.666. The van der Waals surface area contributed by atoms with Crippen LogP contribution in [0.25, 0.3) is 0 Å². The zero-order chi connectivity index (χ0) is 28.9. The van der Waals surface area contributed by atoms with E-state index in [0.29, 0.717) is 12.8 Å². The van der Waals surface area contributed by atoms with Gasteiger partial charge < -0.3 is 26.0 Å². The van der Waals surface area contributed by atoms with Crippen LogP contribution in [0.1, 0.15) is 61.8 Å². The van der Waals surface area contributed by atoms with E-state index in [2.05, 4.69) is 11.4 Å². The number of carbonyl (C=O) groups is 2. The third-order valence-electron chi connectivity index (χ3n) is 7.76. The number of nitrogens with one attached hydrogen (secondary N) is 1. The zero-order valence-corrected chi connectivity index (χ0v) is 23.5. The van der Waals surface area contributed by atoms with Crippen molar-refractivity contribution in [3.05, 3.63) is 101 Å². The number of phenols is 1. The summed E-state index contributed by atoms with van der Waals surface area (Å²) in [4.78, 5) is 26.4. The molecule has 0 saturated carbocycles. The number of phenolic OH excluding ortho intramolecular Hbond substituents is 1. The van der Waals surface area contributed by atoms with Crippen molar-refractivity contribution in [2.45, 2.75) is 76.5 Å². The number of nitrogens with two attached hydrogens (primary N) is 1. The van der Waals surface area contributed by atoms with E-state index in [-0.39, 0.29) is 24.5 Å². The van der Waals surface area contributed by atoms with Crippen LogP contribution in [0.15, 0.2) is 78.9 Å². The minimum absolute atomic E-state index is 0.0181. The Bertz CT molecular complexity index is 1320. The van der Waals surface area contributed by atoms with Crippen LogP contribution < -0.4 is 11.1 Å². The third kappa shape index (κ3) is 7.02. The number of alkyl carbamates (subject to hydrolysis) is 1. The second kappa shape index (κ2) is 12.1. The highest BCUT2D eigenvalue weighted by molar-refractivity contribution is 5.83. The Hall–Kier alpha value is -3.84. The molecular formula is C33H40N2O5. The van der Waals surface area contributed by atoms with Gasteiger partial charge in [0.1, 0.15) is 11.4 Å². The molecule has 3 aromatic rings. The molecule has 2 amide bonds. The lowest BCUT2D eigenvalue weighted by Gasteiger charge is -2.40. The number of hydrogen-bond acceptors (Lipinski definition) is 5. The smallest absolute Gasteiger partial charge is 0.407 e. The van der Waals surface area contributed by atoms with Crippen molar-refractivity contribution < 1.29 is 24.5 Å². The Morgan fingerprint density at radius 3 is 2.35 bits per heavy atom. The molecule has 40 heavy (non-hydrogen) atoms. The fourth-order valence-corrected chi connectivity index (χ4v) is 5.98. The lowest BCUT2D eigenvalue weighted by atomic mass is 9.64. The van der Waals surface area contributed by atoms with Crippen LogP contribution in [0, 0.1) is 5.41 Å². The minimum Gasteiger partial charge on any atom is -0.508 e. The number of amides is 2. The Kier molecular flexibility index (Phi) is 8.84. The number of fused-ring (bicyclic) bond motifs is 1. The fraction of sp³-hybridized carbons (Fsp3) is 0.394. The Labute approximate surface area is 236 Å². The number of rotatable bonds is 10. The molecule has 0 aromatic heterocycles. The van der Waals surface area contributed by atoms with Gasteiger partial charge in [-0.3, -0.25) is 4.79 Å². The van der Waals surface area contributed by atoms with Crippen LogP contribution in [0.3, 0.4) is 0 Å². The lowest BCUT2D eigenvalue weighted by Crippen LogP contribution is -2.52. The van der Waals surface area contributed by atoms with E-state index in [9.17, 15) is 19.8 Å². The number of primary amides is 1. The summed E-state index contributed by atoms with van der Waals surface area (Å²) in [5.41, 5.74) is 8.24. The van der Waals surface area contributed by atoms with E-state index in [1.807, 2.05) is 54.6 Å². The molecule has 0 radical (unpaired) electrons. The van der Waals surface area contributed by atoms with Crippen molar-refractivity contribution >= 4 is 12.0 Å². The highest BCUT2D eigenvalue weighted by Crippen LogP contribution is 2.50. The van der Waals surface area contributed by atoms with Crippen LogP contribution in [0.4, 0.5) is 4.79 Å². The number of ether oxygens (including phenoxy) is 1. The zero-order valence-electron chi connectivity index (χ0n) is 23.5. The molecule has 0 unspecified atom stereocenters. The number of aliphatic hydroxyl groups is 1. The highest BCUT2D eigenvalue weighted by Gasteiger charge is 2.49. The molecule has 1 aliphatic carbocycles. The minimum atomic E-state index is -1.18. The van der Waals surface area contributed by atoms with Gasteiger partial charge in [0.25, 0.3) is 0 Å². The first-order chi connectivity index (χ1) is 19.0. The predicted molar refractivity (Wildman–Crippen MR) is 155 cm³/mol. The van der Waals surface area contributed by atoms with Gasteiger partial charge in [0.05, 0.1) is 17.6 Å². The standard InChI is InChI=1S/C33H40N2O5/c1-32(2,3)40-31(39)35-28(19-22-10-5-4-6-11-22)29(37)21-33(30(34)38,20-23-12-9-14-25(36)18-23)27-17-16-24-13-7-8-15-26(24)27/h4-15,18,27-29,36-37H,16-17,19-21H2,1-3H3,(H2,34,38)(H,35,39)/t27-,28-,29-,33+/m0/s1. The van der Waals surface area contributed by atoms with Gasteiger partial charge in [0, 0.05) is 0 Å². The van der Waals surface area contributed by atoms with Gasteiger partial charge in [-0.15, -0.1) is 0 Å². The van der Waals surface area contributed by atoms with Crippen molar-refractivity contribution in [2.24, 2.45) is 11.1 Å². The van der Waals surface area contributed by atoms with E-state index in [1.54, 1.807) is 39.0 Å². The quantitative estimate of drug-likeness (QED) is 0.285. The van der Waals surface area contributed by atoms with E-state index in [1.165, 1.54) is 0 Å². The number of benzene rings is 3. The average molecular weight is 545 g/mol. The fourth-order valence-electron chi connectivity index (χ4n) is 5.98. The van der Waals surface area contributed by atoms with Gasteiger partial charge in [0.2, 0.25) is 5.91 Å². The maximum absolute atomic E-state index is 13.6. The van der Waals surface area contributed by atoms with E-state index in [4.69, 9.17) is 10.5 Å². The molecule has 4 atom stereocenters. The normalized spacial score (nSPS) is 17.8. The summed E-state index contributed by atoms with van der Waals surface area (Å²) in [5, 5.41) is 24.8. The molecule has 0 saturated heterocycles. The number of aromatic hydroxyl groups is 1. The van der Waals surface area contributed by atoms with Crippen LogP contribution >= 0.6 is 0 Å². The molecule has 1 aliphatic rings. The Morgan fingerprint density at radius 2 is 1.68 bits per heavy atom. The molecular weight excluding hydrogens is 504 g/mol. The van der Waals surface area contributed by atoms with Gasteiger partial charge in [0.15, 0.2) is 0 Å². The third-order valence-corrected chi connectivity index (χ3v) is 7.76. The summed E-state index contributed by atoms with van der Waals surface area (Å²) in [6.45, 7) is 5.33. The second-order valence-corrected chi connectivity index (χ2v) is 11.9. The first kappa shape index (κ1) is 29.2. The van der Waals surface area contributed by atoms with Gasteiger partial charge >= 0.3 is 6.09 Å². The maximum atomic E-state index is 13.6. The van der Waals surface area contributed by atoms with Gasteiger partial charge in [-0.05, 0) is 93.2 Å². The summed E-state index contributed by atoms with van der Waals surface area (Å²) in [6, 6.07) is 23.6. The van der Waals surface area contributed by atoms with Gasteiger partial charge in [-0.25, -0.2) is 4.79 Å². The summed E-state index contributed by atoms with van der Waals surface area (Å²) >= 11 is 0. The topological polar surface area (TPSA) is 122 Å². The predicted octanol–water partition coefficient (Wildman–Crippen LogP) is 5.02. The highest BCUT2D eigenvalue weighted by atomic mass is 16.6.